The second-order valence-corrected chi connectivity index (χ2v) is 6.33. The van der Waals surface area contributed by atoms with Gasteiger partial charge in [0.2, 0.25) is 0 Å². The molecule has 2 aliphatic rings. The molecule has 1 amide bonds. The molecule has 1 fully saturated rings. The monoisotopic (exact) mass is 306 g/mol. The van der Waals surface area contributed by atoms with E-state index in [1.54, 1.807) is 0 Å². The van der Waals surface area contributed by atoms with Gasteiger partial charge in [-0.25, -0.2) is 0 Å². The molecule has 0 aromatic carbocycles. The molecule has 1 atom stereocenters. The topological polar surface area (TPSA) is 83.6 Å². The number of rotatable bonds is 4. The van der Waals surface area contributed by atoms with E-state index in [1.165, 1.54) is 0 Å². The van der Waals surface area contributed by atoms with Gasteiger partial charge in [-0.2, -0.15) is 0 Å². The Bertz CT molecular complexity index is 566. The average molecular weight is 306 g/mol. The van der Waals surface area contributed by atoms with E-state index in [9.17, 15) is 9.59 Å². The minimum Gasteiger partial charge on any atom is -0.481 e. The quantitative estimate of drug-likeness (QED) is 0.922. The first-order valence-corrected chi connectivity index (χ1v) is 8.13. The molecule has 0 saturated carbocycles. The van der Waals surface area contributed by atoms with Crippen LogP contribution in [-0.4, -0.2) is 40.1 Å². The molecule has 1 unspecified atom stereocenters. The van der Waals surface area contributed by atoms with Crippen LogP contribution in [0.4, 0.5) is 0 Å². The molecule has 22 heavy (non-hydrogen) atoms. The fraction of sp³-hybridized carbons (Fsp3) is 0.688. The summed E-state index contributed by atoms with van der Waals surface area (Å²) < 4.78 is 5.33. The van der Waals surface area contributed by atoms with Gasteiger partial charge in [-0.15, -0.1) is 0 Å². The highest BCUT2D eigenvalue weighted by molar-refractivity contribution is 5.94. The summed E-state index contributed by atoms with van der Waals surface area (Å²) in [5, 5.41) is 12.8. The molecule has 1 aromatic heterocycles. The summed E-state index contributed by atoms with van der Waals surface area (Å²) in [6.45, 7) is 1.36. The summed E-state index contributed by atoms with van der Waals surface area (Å²) >= 11 is 0. The Balaban J connectivity index is 1.66. The van der Waals surface area contributed by atoms with Gasteiger partial charge in [0, 0.05) is 31.5 Å². The predicted octanol–water partition coefficient (Wildman–Crippen LogP) is 2.27. The Kier molecular flexibility index (Phi) is 4.45. The summed E-state index contributed by atoms with van der Waals surface area (Å²) in [6.07, 6.45) is 6.64. The third-order valence-electron chi connectivity index (χ3n) is 4.73. The van der Waals surface area contributed by atoms with E-state index in [-0.39, 0.29) is 18.2 Å². The van der Waals surface area contributed by atoms with E-state index in [1.807, 2.05) is 4.90 Å². The first-order chi connectivity index (χ1) is 10.6. The number of aliphatic carboxylic acids is 1. The van der Waals surface area contributed by atoms with Crippen molar-refractivity contribution >= 4 is 11.9 Å². The first kappa shape index (κ1) is 15.1. The number of aryl methyl sites for hydroxylation is 1. The lowest BCUT2D eigenvalue weighted by Crippen LogP contribution is -2.40. The van der Waals surface area contributed by atoms with Gasteiger partial charge in [0.15, 0.2) is 5.69 Å². The average Bonchev–Trinajstić information content (AvgIpc) is 2.96. The highest BCUT2D eigenvalue weighted by atomic mass is 16.5. The molecule has 1 saturated heterocycles. The van der Waals surface area contributed by atoms with E-state index in [4.69, 9.17) is 9.63 Å². The van der Waals surface area contributed by atoms with E-state index in [0.717, 1.165) is 56.4 Å². The SMILES string of the molecule is O=C(O)CCC1CCCN(C(=O)c2noc3c2CCCC3)C1. The zero-order chi connectivity index (χ0) is 15.5. The fourth-order valence-corrected chi connectivity index (χ4v) is 3.52. The van der Waals surface area contributed by atoms with Gasteiger partial charge in [-0.3, -0.25) is 9.59 Å². The predicted molar refractivity (Wildman–Crippen MR) is 78.6 cm³/mol. The number of carboxylic acids is 1. The number of hydrogen-bond donors (Lipinski definition) is 1. The molecule has 0 radical (unpaired) electrons. The Labute approximate surface area is 129 Å². The lowest BCUT2D eigenvalue weighted by Gasteiger charge is -2.32. The van der Waals surface area contributed by atoms with Crippen LogP contribution in [0.2, 0.25) is 0 Å². The standard InChI is InChI=1S/C16H22N2O4/c19-14(20)8-7-11-4-3-9-18(10-11)16(21)15-12-5-1-2-6-13(12)22-17-15/h11H,1-10H2,(H,19,20). The van der Waals surface area contributed by atoms with E-state index < -0.39 is 5.97 Å². The van der Waals surface area contributed by atoms with E-state index in [2.05, 4.69) is 5.16 Å². The third kappa shape index (κ3) is 3.15. The van der Waals surface area contributed by atoms with Crippen molar-refractivity contribution in [3.8, 4) is 0 Å². The number of fused-ring (bicyclic) bond motifs is 1. The van der Waals surface area contributed by atoms with Crippen molar-refractivity contribution < 1.29 is 19.2 Å². The van der Waals surface area contributed by atoms with Gasteiger partial charge in [0.1, 0.15) is 5.76 Å². The normalized spacial score (nSPS) is 21.5. The molecule has 0 spiro atoms. The van der Waals surface area contributed by atoms with Gasteiger partial charge in [-0.1, -0.05) is 5.16 Å². The van der Waals surface area contributed by atoms with Gasteiger partial charge < -0.3 is 14.5 Å². The van der Waals surface area contributed by atoms with Crippen LogP contribution in [0.5, 0.6) is 0 Å². The number of aromatic nitrogens is 1. The lowest BCUT2D eigenvalue weighted by atomic mass is 9.92. The number of carbonyl (C=O) groups excluding carboxylic acids is 1. The van der Waals surface area contributed by atoms with Crippen molar-refractivity contribution in [2.24, 2.45) is 5.92 Å². The fourth-order valence-electron chi connectivity index (χ4n) is 3.52. The molecular weight excluding hydrogens is 284 g/mol. The van der Waals surface area contributed by atoms with E-state index >= 15 is 0 Å². The van der Waals surface area contributed by atoms with Crippen molar-refractivity contribution in [3.63, 3.8) is 0 Å². The molecule has 0 bridgehead atoms. The van der Waals surface area contributed by atoms with Crippen molar-refractivity contribution in [2.45, 2.75) is 51.4 Å². The highest BCUT2D eigenvalue weighted by Crippen LogP contribution is 2.27. The Hall–Kier alpha value is -1.85. The summed E-state index contributed by atoms with van der Waals surface area (Å²) in [6, 6.07) is 0. The second-order valence-electron chi connectivity index (χ2n) is 6.33. The largest absolute Gasteiger partial charge is 0.481 e. The van der Waals surface area contributed by atoms with Crippen molar-refractivity contribution in [1.29, 1.82) is 0 Å². The Morgan fingerprint density at radius 3 is 2.91 bits per heavy atom. The molecule has 2 heterocycles. The summed E-state index contributed by atoms with van der Waals surface area (Å²) in [4.78, 5) is 25.2. The number of likely N-dealkylation sites (tertiary alicyclic amines) is 1. The van der Waals surface area contributed by atoms with Crippen molar-refractivity contribution in [2.75, 3.05) is 13.1 Å². The zero-order valence-corrected chi connectivity index (χ0v) is 12.7. The molecular formula is C16H22N2O4. The lowest BCUT2D eigenvalue weighted by molar-refractivity contribution is -0.137. The number of nitrogens with zero attached hydrogens (tertiary/aromatic N) is 2. The molecule has 120 valence electrons. The maximum Gasteiger partial charge on any atom is 0.303 e. The minimum atomic E-state index is -0.769. The molecule has 6 nitrogen and oxygen atoms in total. The number of carboxylic acid groups (broad SMARTS) is 1. The van der Waals surface area contributed by atoms with Crippen LogP contribution in [0.15, 0.2) is 4.52 Å². The summed E-state index contributed by atoms with van der Waals surface area (Å²) in [5.74, 6) is 0.325. The Morgan fingerprint density at radius 1 is 1.27 bits per heavy atom. The van der Waals surface area contributed by atoms with Crippen LogP contribution < -0.4 is 0 Å². The maximum atomic E-state index is 12.7. The summed E-state index contributed by atoms with van der Waals surface area (Å²) in [7, 11) is 0. The van der Waals surface area contributed by atoms with Crippen LogP contribution in [0.25, 0.3) is 0 Å². The molecule has 3 rings (SSSR count). The van der Waals surface area contributed by atoms with Crippen LogP contribution >= 0.6 is 0 Å². The van der Waals surface area contributed by atoms with Gasteiger partial charge in [0.25, 0.3) is 5.91 Å². The first-order valence-electron chi connectivity index (χ1n) is 8.13. The van der Waals surface area contributed by atoms with Gasteiger partial charge >= 0.3 is 5.97 Å². The molecule has 1 aromatic rings. The number of carbonyl (C=O) groups is 2. The molecule has 6 heteroatoms. The van der Waals surface area contributed by atoms with Crippen molar-refractivity contribution in [3.05, 3.63) is 17.0 Å². The van der Waals surface area contributed by atoms with Crippen molar-refractivity contribution in [1.82, 2.24) is 10.1 Å². The minimum absolute atomic E-state index is 0.0491. The number of piperidine rings is 1. The van der Waals surface area contributed by atoms with Gasteiger partial charge in [0.05, 0.1) is 0 Å². The second kappa shape index (κ2) is 6.50. The zero-order valence-electron chi connectivity index (χ0n) is 12.7. The van der Waals surface area contributed by atoms with Crippen LogP contribution in [-0.2, 0) is 17.6 Å². The number of amides is 1. The number of hydrogen-bond acceptors (Lipinski definition) is 4. The Morgan fingerprint density at radius 2 is 2.09 bits per heavy atom. The van der Waals surface area contributed by atoms with Crippen LogP contribution in [0.3, 0.4) is 0 Å². The summed E-state index contributed by atoms with van der Waals surface area (Å²) in [5.41, 5.74) is 1.47. The molecule has 1 aliphatic carbocycles. The van der Waals surface area contributed by atoms with E-state index in [0.29, 0.717) is 18.7 Å². The molecule has 1 N–H and O–H groups in total. The maximum absolute atomic E-state index is 12.7. The smallest absolute Gasteiger partial charge is 0.303 e. The molecule has 1 aliphatic heterocycles. The van der Waals surface area contributed by atoms with Gasteiger partial charge in [-0.05, 0) is 44.4 Å². The van der Waals surface area contributed by atoms with Crippen LogP contribution in [0.1, 0.15) is 60.3 Å². The third-order valence-corrected chi connectivity index (χ3v) is 4.73. The van der Waals surface area contributed by atoms with Crippen LogP contribution in [0, 0.1) is 5.92 Å². The highest BCUT2D eigenvalue weighted by Gasteiger charge is 2.30.